The molecule has 4 N–H and O–H groups in total. The highest BCUT2D eigenvalue weighted by Crippen LogP contribution is 2.43. The van der Waals surface area contributed by atoms with Crippen LogP contribution < -0.4 is 10.5 Å². The molecule has 4 aromatic rings. The van der Waals surface area contributed by atoms with Crippen molar-refractivity contribution in [2.24, 2.45) is 20.5 Å². The molecule has 8 nitrogen and oxygen atoms in total. The van der Waals surface area contributed by atoms with Crippen LogP contribution in [-0.2, 0) is 0 Å². The van der Waals surface area contributed by atoms with Crippen molar-refractivity contribution in [3.63, 3.8) is 0 Å². The van der Waals surface area contributed by atoms with Crippen LogP contribution in [0, 0.1) is 27.7 Å². The Labute approximate surface area is 209 Å². The highest BCUT2D eigenvalue weighted by molar-refractivity contribution is 6.02. The summed E-state index contributed by atoms with van der Waals surface area (Å²) in [5.41, 5.74) is 12.4. The van der Waals surface area contributed by atoms with Crippen LogP contribution in [0.1, 0.15) is 22.3 Å². The molecule has 0 unspecified atom stereocenters. The fourth-order valence-corrected chi connectivity index (χ4v) is 3.99. The van der Waals surface area contributed by atoms with E-state index in [0.717, 1.165) is 33.3 Å². The van der Waals surface area contributed by atoms with Crippen LogP contribution >= 0.6 is 0 Å². The van der Waals surface area contributed by atoms with E-state index < -0.39 is 0 Å². The van der Waals surface area contributed by atoms with Crippen molar-refractivity contribution >= 4 is 39.2 Å². The molecule has 0 aliphatic heterocycles. The molecular weight excluding hydrogens is 454 g/mol. The van der Waals surface area contributed by atoms with E-state index in [1.165, 1.54) is 0 Å². The van der Waals surface area contributed by atoms with Crippen molar-refractivity contribution in [1.29, 1.82) is 0 Å². The topological polar surface area (TPSA) is 125 Å². The van der Waals surface area contributed by atoms with Crippen LogP contribution in [0.2, 0.25) is 0 Å². The molecule has 4 aromatic carbocycles. The standard InChI is InChI=1S/C28H29N5O3/c1-16-6-5-7-21(11-16)30-31-23-15-25(36-9-8-34)24(14-18(23)3)32-33-27-19(4)13-20-10-17(2)12-22(29)26(20)28(27)35/h5-7,10-15,34-35H,8-9,29H2,1-4H3. The summed E-state index contributed by atoms with van der Waals surface area (Å²) in [7, 11) is 0. The summed E-state index contributed by atoms with van der Waals surface area (Å²) < 4.78 is 5.72. The quantitative estimate of drug-likeness (QED) is 0.185. The second-order valence-electron chi connectivity index (χ2n) is 8.76. The summed E-state index contributed by atoms with van der Waals surface area (Å²) in [6.45, 7) is 7.62. The second-order valence-corrected chi connectivity index (χ2v) is 8.76. The molecule has 0 atom stereocenters. The first-order valence-electron chi connectivity index (χ1n) is 11.6. The maximum Gasteiger partial charge on any atom is 0.153 e. The Bertz CT molecular complexity index is 1500. The minimum Gasteiger partial charge on any atom is -0.505 e. The van der Waals surface area contributed by atoms with E-state index in [1.807, 2.05) is 70.2 Å². The van der Waals surface area contributed by atoms with Crippen LogP contribution in [0.5, 0.6) is 11.5 Å². The zero-order valence-electron chi connectivity index (χ0n) is 20.8. The molecule has 0 aliphatic rings. The molecule has 0 heterocycles. The Morgan fingerprint density at radius 3 is 2.33 bits per heavy atom. The normalized spacial score (nSPS) is 11.7. The predicted octanol–water partition coefficient (Wildman–Crippen LogP) is 7.56. The molecule has 0 aliphatic carbocycles. The third kappa shape index (κ3) is 5.34. The summed E-state index contributed by atoms with van der Waals surface area (Å²) in [6.07, 6.45) is 0. The lowest BCUT2D eigenvalue weighted by molar-refractivity contribution is 0.202. The highest BCUT2D eigenvalue weighted by atomic mass is 16.5. The predicted molar refractivity (Wildman–Crippen MR) is 143 cm³/mol. The number of aliphatic hydroxyl groups excluding tert-OH is 1. The molecule has 0 saturated carbocycles. The van der Waals surface area contributed by atoms with Crippen LogP contribution in [0.15, 0.2) is 75.1 Å². The number of aryl methyl sites for hydroxylation is 4. The van der Waals surface area contributed by atoms with E-state index in [0.29, 0.717) is 33.9 Å². The Balaban J connectivity index is 1.73. The minimum atomic E-state index is -0.159. The molecule has 36 heavy (non-hydrogen) atoms. The maximum absolute atomic E-state index is 11.0. The first-order valence-corrected chi connectivity index (χ1v) is 11.6. The van der Waals surface area contributed by atoms with E-state index in [1.54, 1.807) is 12.1 Å². The summed E-state index contributed by atoms with van der Waals surface area (Å²) >= 11 is 0. The van der Waals surface area contributed by atoms with Crippen LogP contribution in [0.4, 0.5) is 28.4 Å². The van der Waals surface area contributed by atoms with Gasteiger partial charge in [0.25, 0.3) is 0 Å². The van der Waals surface area contributed by atoms with Gasteiger partial charge in [0, 0.05) is 17.1 Å². The number of rotatable bonds is 7. The Hall–Kier alpha value is -4.30. The van der Waals surface area contributed by atoms with Crippen molar-refractivity contribution in [3.05, 3.63) is 76.9 Å². The maximum atomic E-state index is 11.0. The van der Waals surface area contributed by atoms with Crippen molar-refractivity contribution < 1.29 is 14.9 Å². The first-order chi connectivity index (χ1) is 17.3. The van der Waals surface area contributed by atoms with Gasteiger partial charge < -0.3 is 20.7 Å². The fourth-order valence-electron chi connectivity index (χ4n) is 3.99. The second kappa shape index (κ2) is 10.5. The van der Waals surface area contributed by atoms with E-state index >= 15 is 0 Å². The average Bonchev–Trinajstić information content (AvgIpc) is 2.82. The van der Waals surface area contributed by atoms with Crippen molar-refractivity contribution in [1.82, 2.24) is 0 Å². The van der Waals surface area contributed by atoms with Gasteiger partial charge in [0.2, 0.25) is 0 Å². The number of benzene rings is 4. The number of anilines is 1. The van der Waals surface area contributed by atoms with Crippen LogP contribution in [0.3, 0.4) is 0 Å². The first kappa shape index (κ1) is 24.8. The number of fused-ring (bicyclic) bond motifs is 1. The van der Waals surface area contributed by atoms with Gasteiger partial charge in [-0.3, -0.25) is 0 Å². The molecule has 4 rings (SSSR count). The van der Waals surface area contributed by atoms with Gasteiger partial charge in [-0.1, -0.05) is 18.2 Å². The number of azo groups is 2. The Morgan fingerprint density at radius 2 is 1.58 bits per heavy atom. The third-order valence-corrected chi connectivity index (χ3v) is 5.71. The van der Waals surface area contributed by atoms with E-state index in [-0.39, 0.29) is 19.0 Å². The van der Waals surface area contributed by atoms with E-state index in [2.05, 4.69) is 20.5 Å². The SMILES string of the molecule is Cc1cccc(N=Nc2cc(OCCO)c(N=Nc3c(C)cc4cc(C)cc(N)c4c3O)cc2C)c1. The third-order valence-electron chi connectivity index (χ3n) is 5.71. The zero-order valence-corrected chi connectivity index (χ0v) is 20.8. The fraction of sp³-hybridized carbons (Fsp3) is 0.214. The van der Waals surface area contributed by atoms with Crippen molar-refractivity contribution in [2.75, 3.05) is 18.9 Å². The molecule has 0 bridgehead atoms. The van der Waals surface area contributed by atoms with E-state index in [9.17, 15) is 10.2 Å². The van der Waals surface area contributed by atoms with Crippen LogP contribution in [-0.4, -0.2) is 23.4 Å². The smallest absolute Gasteiger partial charge is 0.153 e. The summed E-state index contributed by atoms with van der Waals surface area (Å²) in [5.74, 6) is 0.369. The number of nitrogen functional groups attached to an aromatic ring is 1. The number of hydrogen-bond donors (Lipinski definition) is 3. The van der Waals surface area contributed by atoms with Gasteiger partial charge in [0.15, 0.2) is 5.75 Å². The molecule has 0 radical (unpaired) electrons. The number of ether oxygens (including phenoxy) is 1. The number of hydrogen-bond acceptors (Lipinski definition) is 8. The number of phenolic OH excluding ortho intramolecular Hbond substituents is 1. The number of aromatic hydroxyl groups is 1. The molecular formula is C28H29N5O3. The summed E-state index contributed by atoms with van der Waals surface area (Å²) in [5, 5.41) is 39.1. The van der Waals surface area contributed by atoms with Crippen molar-refractivity contribution in [3.8, 4) is 11.5 Å². The van der Waals surface area contributed by atoms with Gasteiger partial charge in [0.1, 0.15) is 23.7 Å². The Kier molecular flexibility index (Phi) is 7.26. The summed E-state index contributed by atoms with van der Waals surface area (Å²) in [6, 6.07) is 16.9. The van der Waals surface area contributed by atoms with Gasteiger partial charge in [-0.2, -0.15) is 10.2 Å². The lowest BCUT2D eigenvalue weighted by Gasteiger charge is -2.12. The number of aliphatic hydroxyl groups is 1. The molecule has 8 heteroatoms. The van der Waals surface area contributed by atoms with Gasteiger partial charge in [0.05, 0.1) is 18.0 Å². The molecule has 0 fully saturated rings. The van der Waals surface area contributed by atoms with Gasteiger partial charge >= 0.3 is 0 Å². The lowest BCUT2D eigenvalue weighted by atomic mass is 10.0. The Morgan fingerprint density at radius 1 is 0.806 bits per heavy atom. The van der Waals surface area contributed by atoms with Gasteiger partial charge in [-0.25, -0.2) is 0 Å². The molecule has 184 valence electrons. The number of nitrogens with zero attached hydrogens (tertiary/aromatic N) is 4. The largest absolute Gasteiger partial charge is 0.505 e. The number of phenols is 1. The average molecular weight is 484 g/mol. The monoisotopic (exact) mass is 483 g/mol. The molecule has 0 spiro atoms. The van der Waals surface area contributed by atoms with Gasteiger partial charge in [-0.15, -0.1) is 10.2 Å². The molecule has 0 amide bonds. The number of nitrogens with two attached hydrogens (primary N) is 1. The molecule has 0 aromatic heterocycles. The van der Waals surface area contributed by atoms with Gasteiger partial charge in [-0.05, 0) is 85.7 Å². The van der Waals surface area contributed by atoms with Crippen molar-refractivity contribution in [2.45, 2.75) is 27.7 Å². The zero-order chi connectivity index (χ0) is 25.8. The minimum absolute atomic E-state index is 0.0237. The van der Waals surface area contributed by atoms with E-state index in [4.69, 9.17) is 10.5 Å². The molecule has 0 saturated heterocycles. The lowest BCUT2D eigenvalue weighted by Crippen LogP contribution is -2.01. The van der Waals surface area contributed by atoms with Crippen LogP contribution in [0.25, 0.3) is 10.8 Å². The highest BCUT2D eigenvalue weighted by Gasteiger charge is 2.14. The summed E-state index contributed by atoms with van der Waals surface area (Å²) in [4.78, 5) is 0.